The molecule has 0 atom stereocenters. The van der Waals surface area contributed by atoms with Crippen LogP contribution in [0.1, 0.15) is 42.2 Å². The maximum absolute atomic E-state index is 13.8. The molecule has 1 N–H and O–H groups in total. The molecule has 6 nitrogen and oxygen atoms in total. The molecule has 3 aromatic carbocycles. The predicted molar refractivity (Wildman–Crippen MR) is 113 cm³/mol. The van der Waals surface area contributed by atoms with E-state index in [2.05, 4.69) is 5.32 Å². The zero-order valence-corrected chi connectivity index (χ0v) is 16.9. The number of amides is 3. The minimum atomic E-state index is -0.496. The molecule has 0 saturated carbocycles. The molecule has 0 saturated heterocycles. The molecule has 1 aliphatic heterocycles. The number of nitrogens with zero attached hydrogens (tertiary/aromatic N) is 1. The van der Waals surface area contributed by atoms with Crippen LogP contribution in [0.5, 0.6) is 5.75 Å². The molecule has 0 bridgehead atoms. The summed E-state index contributed by atoms with van der Waals surface area (Å²) in [5, 5.41) is 2.65. The first-order valence-electron chi connectivity index (χ1n) is 9.58. The lowest BCUT2D eigenvalue weighted by Gasteiger charge is -2.16. The Balaban J connectivity index is 1.59. The molecule has 0 spiro atoms. The highest BCUT2D eigenvalue weighted by atomic mass is 19.1. The molecule has 156 valence electrons. The van der Waals surface area contributed by atoms with Crippen LogP contribution in [-0.2, 0) is 6.54 Å². The van der Waals surface area contributed by atoms with Gasteiger partial charge in [0.05, 0.1) is 30.3 Å². The molecule has 7 heteroatoms. The number of hydrogen-bond acceptors (Lipinski definition) is 4. The SMILES string of the molecule is COc1ccc(CN2C(=O)c3ccccc3C2=O)cc1C(=O)Nc1ccc(C)c(F)c1. The quantitative estimate of drug-likeness (QED) is 0.631. The Hall–Kier alpha value is -4.00. The van der Waals surface area contributed by atoms with E-state index in [4.69, 9.17) is 4.74 Å². The number of benzene rings is 3. The van der Waals surface area contributed by atoms with E-state index < -0.39 is 11.7 Å². The minimum absolute atomic E-state index is 0.00970. The Morgan fingerprint density at radius 1 is 1.00 bits per heavy atom. The molecule has 0 aliphatic carbocycles. The zero-order chi connectivity index (χ0) is 22.1. The number of ether oxygens (including phenoxy) is 1. The minimum Gasteiger partial charge on any atom is -0.496 e. The summed E-state index contributed by atoms with van der Waals surface area (Å²) in [6, 6.07) is 15.9. The topological polar surface area (TPSA) is 75.7 Å². The van der Waals surface area contributed by atoms with Gasteiger partial charge >= 0.3 is 0 Å². The third-order valence-electron chi connectivity index (χ3n) is 5.16. The maximum Gasteiger partial charge on any atom is 0.261 e. The third-order valence-corrected chi connectivity index (χ3v) is 5.16. The number of rotatable bonds is 5. The van der Waals surface area contributed by atoms with E-state index in [9.17, 15) is 18.8 Å². The molecular weight excluding hydrogens is 399 g/mol. The highest BCUT2D eigenvalue weighted by Gasteiger charge is 2.35. The fraction of sp³-hybridized carbons (Fsp3) is 0.125. The molecule has 1 heterocycles. The first-order valence-corrected chi connectivity index (χ1v) is 9.58. The number of nitrogens with one attached hydrogen (secondary N) is 1. The summed E-state index contributed by atoms with van der Waals surface area (Å²) in [6.45, 7) is 1.64. The summed E-state index contributed by atoms with van der Waals surface area (Å²) < 4.78 is 19.1. The summed E-state index contributed by atoms with van der Waals surface area (Å²) in [5.74, 6) is -1.36. The fourth-order valence-corrected chi connectivity index (χ4v) is 3.47. The van der Waals surface area contributed by atoms with Gasteiger partial charge in [0.25, 0.3) is 17.7 Å². The van der Waals surface area contributed by atoms with Crippen molar-refractivity contribution in [3.63, 3.8) is 0 Å². The number of halogens is 1. The molecule has 0 radical (unpaired) electrons. The number of hydrogen-bond donors (Lipinski definition) is 1. The van der Waals surface area contributed by atoms with Gasteiger partial charge in [0.15, 0.2) is 0 Å². The summed E-state index contributed by atoms with van der Waals surface area (Å²) in [5.41, 5.74) is 2.29. The van der Waals surface area contributed by atoms with Crippen LogP contribution in [0.4, 0.5) is 10.1 Å². The smallest absolute Gasteiger partial charge is 0.261 e. The fourth-order valence-electron chi connectivity index (χ4n) is 3.47. The van der Waals surface area contributed by atoms with E-state index in [0.717, 1.165) is 4.90 Å². The van der Waals surface area contributed by atoms with Gasteiger partial charge in [0, 0.05) is 5.69 Å². The number of imide groups is 1. The molecule has 4 rings (SSSR count). The van der Waals surface area contributed by atoms with Crippen LogP contribution in [0.3, 0.4) is 0 Å². The van der Waals surface area contributed by atoms with E-state index in [-0.39, 0.29) is 23.9 Å². The van der Waals surface area contributed by atoms with Crippen LogP contribution in [0.25, 0.3) is 0 Å². The van der Waals surface area contributed by atoms with Crippen molar-refractivity contribution in [2.45, 2.75) is 13.5 Å². The number of carbonyl (C=O) groups excluding carboxylic acids is 3. The molecule has 0 fully saturated rings. The average Bonchev–Trinajstić information content (AvgIpc) is 3.01. The monoisotopic (exact) mass is 418 g/mol. The van der Waals surface area contributed by atoms with E-state index in [1.807, 2.05) is 0 Å². The van der Waals surface area contributed by atoms with Crippen LogP contribution in [0.2, 0.25) is 0 Å². The average molecular weight is 418 g/mol. The van der Waals surface area contributed by atoms with Gasteiger partial charge < -0.3 is 10.1 Å². The van der Waals surface area contributed by atoms with Crippen molar-refractivity contribution in [2.75, 3.05) is 12.4 Å². The molecule has 0 unspecified atom stereocenters. The van der Waals surface area contributed by atoms with E-state index in [1.54, 1.807) is 61.5 Å². The van der Waals surface area contributed by atoms with Crippen molar-refractivity contribution < 1.29 is 23.5 Å². The second-order valence-electron chi connectivity index (χ2n) is 7.19. The second kappa shape index (κ2) is 8.02. The molecule has 3 aromatic rings. The number of methoxy groups -OCH3 is 1. The van der Waals surface area contributed by atoms with Gasteiger partial charge in [0.1, 0.15) is 11.6 Å². The van der Waals surface area contributed by atoms with Crippen molar-refractivity contribution in [3.05, 3.63) is 94.3 Å². The van der Waals surface area contributed by atoms with E-state index in [1.165, 1.54) is 13.2 Å². The van der Waals surface area contributed by atoms with Crippen LogP contribution >= 0.6 is 0 Å². The Morgan fingerprint density at radius 3 is 2.29 bits per heavy atom. The molecular formula is C24H19FN2O4. The lowest BCUT2D eigenvalue weighted by Crippen LogP contribution is -2.29. The molecule has 3 amide bonds. The van der Waals surface area contributed by atoms with Gasteiger partial charge in [-0.2, -0.15) is 0 Å². The Labute approximate surface area is 178 Å². The van der Waals surface area contributed by atoms with Crippen LogP contribution in [-0.4, -0.2) is 29.7 Å². The summed E-state index contributed by atoms with van der Waals surface area (Å²) in [4.78, 5) is 39.2. The standard InChI is InChI=1S/C24H19FN2O4/c1-14-7-9-16(12-20(14)25)26-22(28)19-11-15(8-10-21(19)31-2)13-27-23(29)17-5-3-4-6-18(17)24(27)30/h3-12H,13H2,1-2H3,(H,26,28). The summed E-state index contributed by atoms with van der Waals surface area (Å²) in [6.07, 6.45) is 0. The van der Waals surface area contributed by atoms with Gasteiger partial charge in [-0.1, -0.05) is 24.3 Å². The predicted octanol–water partition coefficient (Wildman–Crippen LogP) is 4.19. The normalized spacial score (nSPS) is 12.7. The lowest BCUT2D eigenvalue weighted by molar-refractivity contribution is 0.0642. The van der Waals surface area contributed by atoms with Crippen LogP contribution < -0.4 is 10.1 Å². The van der Waals surface area contributed by atoms with Gasteiger partial charge in [-0.15, -0.1) is 0 Å². The first-order chi connectivity index (χ1) is 14.9. The van der Waals surface area contributed by atoms with Gasteiger partial charge in [-0.3, -0.25) is 19.3 Å². The van der Waals surface area contributed by atoms with Crippen molar-refractivity contribution in [2.24, 2.45) is 0 Å². The maximum atomic E-state index is 13.8. The number of carbonyl (C=O) groups is 3. The van der Waals surface area contributed by atoms with Crippen molar-refractivity contribution in [1.82, 2.24) is 4.90 Å². The molecule has 1 aliphatic rings. The first kappa shape index (κ1) is 20.3. The Kier molecular flexibility index (Phi) is 5.25. The van der Waals surface area contributed by atoms with E-state index in [0.29, 0.717) is 33.7 Å². The van der Waals surface area contributed by atoms with E-state index >= 15 is 0 Å². The Bertz CT molecular complexity index is 1190. The number of anilines is 1. The number of fused-ring (bicyclic) bond motifs is 1. The van der Waals surface area contributed by atoms with Crippen molar-refractivity contribution in [3.8, 4) is 5.75 Å². The summed E-state index contributed by atoms with van der Waals surface area (Å²) in [7, 11) is 1.43. The van der Waals surface area contributed by atoms with Gasteiger partial charge in [-0.05, 0) is 54.4 Å². The largest absolute Gasteiger partial charge is 0.496 e. The number of aryl methyl sites for hydroxylation is 1. The highest BCUT2D eigenvalue weighted by Crippen LogP contribution is 2.27. The molecule has 0 aromatic heterocycles. The van der Waals surface area contributed by atoms with Crippen LogP contribution in [0.15, 0.2) is 60.7 Å². The molecule has 31 heavy (non-hydrogen) atoms. The van der Waals surface area contributed by atoms with Crippen LogP contribution in [0, 0.1) is 12.7 Å². The highest BCUT2D eigenvalue weighted by molar-refractivity contribution is 6.21. The zero-order valence-electron chi connectivity index (χ0n) is 16.9. The third kappa shape index (κ3) is 3.77. The Morgan fingerprint density at radius 2 is 1.68 bits per heavy atom. The summed E-state index contributed by atoms with van der Waals surface area (Å²) >= 11 is 0. The second-order valence-corrected chi connectivity index (χ2v) is 7.19. The van der Waals surface area contributed by atoms with Gasteiger partial charge in [0.2, 0.25) is 0 Å². The van der Waals surface area contributed by atoms with Crippen molar-refractivity contribution in [1.29, 1.82) is 0 Å². The van der Waals surface area contributed by atoms with Crippen molar-refractivity contribution >= 4 is 23.4 Å². The lowest BCUT2D eigenvalue weighted by atomic mass is 10.1. The van der Waals surface area contributed by atoms with Gasteiger partial charge in [-0.25, -0.2) is 4.39 Å².